The van der Waals surface area contributed by atoms with E-state index in [4.69, 9.17) is 0 Å². The van der Waals surface area contributed by atoms with E-state index in [-0.39, 0.29) is 16.9 Å². The molecule has 0 radical (unpaired) electrons. The maximum absolute atomic E-state index is 12.1. The molecule has 21 heavy (non-hydrogen) atoms. The van der Waals surface area contributed by atoms with Crippen molar-refractivity contribution in [3.05, 3.63) is 71.3 Å². The summed E-state index contributed by atoms with van der Waals surface area (Å²) in [7, 11) is 0. The fourth-order valence-corrected chi connectivity index (χ4v) is 2.03. The molecule has 0 saturated heterocycles. The van der Waals surface area contributed by atoms with Crippen LogP contribution in [0.5, 0.6) is 5.75 Å². The molecule has 1 N–H and O–H groups in total. The van der Waals surface area contributed by atoms with Crippen LogP contribution < -0.4 is 0 Å². The largest absolute Gasteiger partial charge is 0.508 e. The highest BCUT2D eigenvalue weighted by atomic mass is 16.3. The number of hydrogen-bond donors (Lipinski definition) is 1. The third-order valence-electron chi connectivity index (χ3n) is 3.33. The van der Waals surface area contributed by atoms with Gasteiger partial charge in [-0.2, -0.15) is 0 Å². The Morgan fingerprint density at radius 1 is 1.05 bits per heavy atom. The van der Waals surface area contributed by atoms with Crippen LogP contribution in [0.1, 0.15) is 42.3 Å². The topological polar surface area (TPSA) is 37.3 Å². The summed E-state index contributed by atoms with van der Waals surface area (Å²) in [5.74, 6) is 0.151. The Bertz CT molecular complexity index is 659. The molecule has 0 bridgehead atoms. The maximum Gasteiger partial charge on any atom is 0.185 e. The molecule has 0 spiro atoms. The van der Waals surface area contributed by atoms with Gasteiger partial charge in [0.05, 0.1) is 0 Å². The van der Waals surface area contributed by atoms with Crippen LogP contribution in [0.15, 0.2) is 54.6 Å². The Labute approximate surface area is 125 Å². The lowest BCUT2D eigenvalue weighted by molar-refractivity contribution is 0.104. The number of ketones is 1. The van der Waals surface area contributed by atoms with E-state index < -0.39 is 0 Å². The highest BCUT2D eigenvalue weighted by Gasteiger charge is 2.13. The van der Waals surface area contributed by atoms with E-state index >= 15 is 0 Å². The number of benzene rings is 2. The molecule has 0 amide bonds. The molecule has 2 heteroatoms. The number of hydrogen-bond acceptors (Lipinski definition) is 2. The van der Waals surface area contributed by atoms with Crippen LogP contribution in [0, 0.1) is 0 Å². The molecule has 2 aromatic rings. The van der Waals surface area contributed by atoms with Crippen LogP contribution in [0.25, 0.3) is 6.08 Å². The number of allylic oxidation sites excluding steroid dienone is 1. The minimum absolute atomic E-state index is 0.0428. The van der Waals surface area contributed by atoms with E-state index in [9.17, 15) is 9.90 Å². The lowest BCUT2D eigenvalue weighted by atomic mass is 9.86. The minimum atomic E-state index is -0.0428. The van der Waals surface area contributed by atoms with Crippen molar-refractivity contribution in [1.82, 2.24) is 0 Å². The van der Waals surface area contributed by atoms with Gasteiger partial charge in [-0.1, -0.05) is 63.2 Å². The molecule has 0 atom stereocenters. The summed E-state index contributed by atoms with van der Waals surface area (Å²) in [6.07, 6.45) is 3.24. The highest BCUT2D eigenvalue weighted by molar-refractivity contribution is 6.06. The Balaban J connectivity index is 2.14. The van der Waals surface area contributed by atoms with Gasteiger partial charge < -0.3 is 5.11 Å². The van der Waals surface area contributed by atoms with Crippen LogP contribution in [0.4, 0.5) is 0 Å². The first-order valence-electron chi connectivity index (χ1n) is 6.98. The Morgan fingerprint density at radius 3 is 2.29 bits per heavy atom. The van der Waals surface area contributed by atoms with Gasteiger partial charge in [-0.05, 0) is 34.8 Å². The van der Waals surface area contributed by atoms with Gasteiger partial charge in [0.15, 0.2) is 5.78 Å². The molecule has 108 valence electrons. The molecule has 2 rings (SSSR count). The third kappa shape index (κ3) is 4.06. The van der Waals surface area contributed by atoms with Gasteiger partial charge >= 0.3 is 0 Å². The molecule has 0 fully saturated rings. The van der Waals surface area contributed by atoms with Crippen molar-refractivity contribution in [2.45, 2.75) is 26.2 Å². The predicted molar refractivity (Wildman–Crippen MR) is 86.6 cm³/mol. The second-order valence-electron chi connectivity index (χ2n) is 6.12. The molecule has 0 heterocycles. The molecular formula is C19H20O2. The minimum Gasteiger partial charge on any atom is -0.508 e. The zero-order chi connectivity index (χ0) is 15.5. The molecule has 2 aromatic carbocycles. The molecule has 0 aliphatic carbocycles. The third-order valence-corrected chi connectivity index (χ3v) is 3.33. The normalized spacial score (nSPS) is 11.8. The van der Waals surface area contributed by atoms with Gasteiger partial charge in [-0.3, -0.25) is 4.79 Å². The number of phenols is 1. The van der Waals surface area contributed by atoms with Gasteiger partial charge in [0.1, 0.15) is 5.75 Å². The van der Waals surface area contributed by atoms with Crippen LogP contribution in [0.3, 0.4) is 0 Å². The smallest absolute Gasteiger partial charge is 0.185 e. The highest BCUT2D eigenvalue weighted by Crippen LogP contribution is 2.22. The zero-order valence-electron chi connectivity index (χ0n) is 12.6. The van der Waals surface area contributed by atoms with Crippen molar-refractivity contribution >= 4 is 11.9 Å². The zero-order valence-corrected chi connectivity index (χ0v) is 12.6. The van der Waals surface area contributed by atoms with Crippen molar-refractivity contribution in [1.29, 1.82) is 0 Å². The molecule has 0 saturated carbocycles. The molecule has 0 aliphatic rings. The molecular weight excluding hydrogens is 260 g/mol. The molecule has 0 aromatic heterocycles. The first kappa shape index (κ1) is 15.0. The monoisotopic (exact) mass is 280 g/mol. The second-order valence-corrected chi connectivity index (χ2v) is 6.12. The maximum atomic E-state index is 12.1. The number of carbonyl (C=O) groups is 1. The van der Waals surface area contributed by atoms with E-state index in [1.165, 1.54) is 11.6 Å². The van der Waals surface area contributed by atoms with Crippen LogP contribution >= 0.6 is 0 Å². The van der Waals surface area contributed by atoms with Crippen molar-refractivity contribution in [2.75, 3.05) is 0 Å². The fraction of sp³-hybridized carbons (Fsp3) is 0.211. The number of carbonyl (C=O) groups excluding carboxylic acids is 1. The Morgan fingerprint density at radius 2 is 1.71 bits per heavy atom. The van der Waals surface area contributed by atoms with Gasteiger partial charge in [0, 0.05) is 5.56 Å². The first-order valence-corrected chi connectivity index (χ1v) is 6.98. The average molecular weight is 280 g/mol. The summed E-state index contributed by atoms with van der Waals surface area (Å²) in [5.41, 5.74) is 2.75. The van der Waals surface area contributed by atoms with E-state index in [0.717, 1.165) is 5.56 Å². The average Bonchev–Trinajstić information content (AvgIpc) is 2.44. The van der Waals surface area contributed by atoms with Gasteiger partial charge in [-0.25, -0.2) is 0 Å². The van der Waals surface area contributed by atoms with Crippen LogP contribution in [-0.4, -0.2) is 10.9 Å². The molecule has 0 aliphatic heterocycles. The summed E-state index contributed by atoms with van der Waals surface area (Å²) in [4.78, 5) is 12.1. The predicted octanol–water partition coefficient (Wildman–Crippen LogP) is 4.59. The summed E-state index contributed by atoms with van der Waals surface area (Å²) in [6, 6.07) is 14.5. The molecule has 2 nitrogen and oxygen atoms in total. The lowest BCUT2D eigenvalue weighted by Crippen LogP contribution is -2.11. The standard InChI is InChI=1S/C19H20O2/c1-19(2,3)16-10-8-15(9-11-16)18(21)12-7-14-5-4-6-17(20)13-14/h4-13,20H,1-3H3/b12-7+. The van der Waals surface area contributed by atoms with Gasteiger partial charge in [-0.15, -0.1) is 0 Å². The Hall–Kier alpha value is -2.35. The van der Waals surface area contributed by atoms with Crippen molar-refractivity contribution in [3.8, 4) is 5.75 Å². The van der Waals surface area contributed by atoms with E-state index in [0.29, 0.717) is 5.56 Å². The quantitative estimate of drug-likeness (QED) is 0.659. The first-order chi connectivity index (χ1) is 9.86. The van der Waals surface area contributed by atoms with Gasteiger partial charge in [0.2, 0.25) is 0 Å². The number of aromatic hydroxyl groups is 1. The SMILES string of the molecule is CC(C)(C)c1ccc(C(=O)/C=C/c2cccc(O)c2)cc1. The summed E-state index contributed by atoms with van der Waals surface area (Å²) in [6.45, 7) is 6.43. The van der Waals surface area contributed by atoms with E-state index in [1.54, 1.807) is 24.3 Å². The van der Waals surface area contributed by atoms with Crippen molar-refractivity contribution in [2.24, 2.45) is 0 Å². The second kappa shape index (κ2) is 5.96. The number of rotatable bonds is 3. The van der Waals surface area contributed by atoms with E-state index in [2.05, 4.69) is 20.8 Å². The van der Waals surface area contributed by atoms with Crippen molar-refractivity contribution in [3.63, 3.8) is 0 Å². The van der Waals surface area contributed by atoms with Gasteiger partial charge in [0.25, 0.3) is 0 Å². The van der Waals surface area contributed by atoms with E-state index in [1.807, 2.05) is 30.3 Å². The Kier molecular flexibility index (Phi) is 4.27. The molecule has 0 unspecified atom stereocenters. The van der Waals surface area contributed by atoms with Crippen LogP contribution in [-0.2, 0) is 5.41 Å². The fourth-order valence-electron chi connectivity index (χ4n) is 2.03. The summed E-state index contributed by atoms with van der Waals surface area (Å²) >= 11 is 0. The lowest BCUT2D eigenvalue weighted by Gasteiger charge is -2.18. The number of phenolic OH excluding ortho intramolecular Hbond substituents is 1. The van der Waals surface area contributed by atoms with Crippen molar-refractivity contribution < 1.29 is 9.90 Å². The van der Waals surface area contributed by atoms with Crippen LogP contribution in [0.2, 0.25) is 0 Å². The summed E-state index contributed by atoms with van der Waals surface area (Å²) < 4.78 is 0. The summed E-state index contributed by atoms with van der Waals surface area (Å²) in [5, 5.41) is 9.38.